The van der Waals surface area contributed by atoms with Gasteiger partial charge in [-0.1, -0.05) is 23.7 Å². The Labute approximate surface area is 168 Å². The summed E-state index contributed by atoms with van der Waals surface area (Å²) in [6, 6.07) is 11.8. The molecule has 1 aromatic carbocycles. The zero-order valence-electron chi connectivity index (χ0n) is 14.2. The Morgan fingerprint density at radius 2 is 2.04 bits per heavy atom. The third-order valence-corrected chi connectivity index (χ3v) is 4.76. The van der Waals surface area contributed by atoms with Gasteiger partial charge in [0.1, 0.15) is 6.61 Å². The predicted octanol–water partition coefficient (Wildman–Crippen LogP) is 1.68. The number of benzene rings is 1. The number of pyridine rings is 1. The topological polar surface area (TPSA) is 43.4 Å². The van der Waals surface area contributed by atoms with E-state index in [1.807, 2.05) is 24.3 Å². The molecule has 0 aliphatic heterocycles. The summed E-state index contributed by atoms with van der Waals surface area (Å²) in [5, 5.41) is 6.02. The third kappa shape index (κ3) is 5.61. The second-order valence-electron chi connectivity index (χ2n) is 5.44. The smallest absolute Gasteiger partial charge is 0.180 e. The molecule has 0 amide bonds. The monoisotopic (exact) mass is 409 g/mol. The largest absolute Gasteiger partial charge is 1.00 e. The lowest BCUT2D eigenvalue weighted by molar-refractivity contribution is -0.00000551. The highest BCUT2D eigenvalue weighted by Crippen LogP contribution is 2.37. The minimum Gasteiger partial charge on any atom is -1.00 e. The van der Waals surface area contributed by atoms with Crippen molar-refractivity contribution >= 4 is 22.9 Å². The molecule has 0 saturated heterocycles. The van der Waals surface area contributed by atoms with Gasteiger partial charge in [-0.15, -0.1) is 11.3 Å². The van der Waals surface area contributed by atoms with Gasteiger partial charge >= 0.3 is 0 Å². The van der Waals surface area contributed by atoms with Gasteiger partial charge in [-0.2, -0.15) is 0 Å². The van der Waals surface area contributed by atoms with Crippen molar-refractivity contribution in [1.29, 1.82) is 0 Å². The molecule has 0 bridgehead atoms. The van der Waals surface area contributed by atoms with Crippen LogP contribution in [0.15, 0.2) is 54.2 Å². The van der Waals surface area contributed by atoms with E-state index in [0.29, 0.717) is 29.7 Å². The summed E-state index contributed by atoms with van der Waals surface area (Å²) in [5.41, 5.74) is 2.02. The van der Waals surface area contributed by atoms with Gasteiger partial charge in [0, 0.05) is 35.9 Å². The van der Waals surface area contributed by atoms with Crippen LogP contribution in [0.25, 0.3) is 0 Å². The highest BCUT2D eigenvalue weighted by atomic mass is 35.5. The van der Waals surface area contributed by atoms with Gasteiger partial charge < -0.3 is 27.2 Å². The van der Waals surface area contributed by atoms with Gasteiger partial charge in [-0.25, -0.2) is 0 Å². The predicted molar refractivity (Wildman–Crippen MR) is 101 cm³/mol. The van der Waals surface area contributed by atoms with Crippen LogP contribution in [-0.4, -0.2) is 12.1 Å². The molecular formula is C19H19Cl2N2O2S-. The Hall–Kier alpha value is -1.79. The number of nitrogens with zero attached hydrogens (tertiary/aromatic N) is 1. The minimum absolute atomic E-state index is 0. The first-order valence-electron chi connectivity index (χ1n) is 7.87. The van der Waals surface area contributed by atoms with E-state index in [0.717, 1.165) is 17.7 Å². The number of rotatable bonds is 8. The fraction of sp³-hybridized carbons (Fsp3) is 0.211. The molecule has 1 N–H and O–H groups in total. The fourth-order valence-electron chi connectivity index (χ4n) is 2.40. The summed E-state index contributed by atoms with van der Waals surface area (Å²) in [5.74, 6) is 1.18. The quantitative estimate of drug-likeness (QED) is 0.614. The van der Waals surface area contributed by atoms with Crippen molar-refractivity contribution in [3.8, 4) is 11.5 Å². The van der Waals surface area contributed by atoms with Crippen molar-refractivity contribution in [2.45, 2.75) is 19.7 Å². The number of hydrogen-bond acceptors (Lipinski definition) is 5. The maximum Gasteiger partial charge on any atom is 0.180 e. The molecule has 0 aliphatic carbocycles. The van der Waals surface area contributed by atoms with Crippen LogP contribution in [0.3, 0.4) is 0 Å². The molecular weight excluding hydrogens is 391 g/mol. The van der Waals surface area contributed by atoms with Crippen LogP contribution in [0.1, 0.15) is 16.0 Å². The van der Waals surface area contributed by atoms with Gasteiger partial charge in [0.25, 0.3) is 0 Å². The molecule has 0 fully saturated rings. The summed E-state index contributed by atoms with van der Waals surface area (Å²) in [7, 11) is 1.62. The maximum atomic E-state index is 6.41. The maximum absolute atomic E-state index is 6.41. The van der Waals surface area contributed by atoms with Crippen LogP contribution in [0, 0.1) is 0 Å². The number of ether oxygens (including phenoxy) is 2. The first-order valence-corrected chi connectivity index (χ1v) is 9.13. The molecule has 2 heterocycles. The van der Waals surface area contributed by atoms with E-state index in [1.165, 1.54) is 4.88 Å². The number of thiophene rings is 1. The van der Waals surface area contributed by atoms with Crippen molar-refractivity contribution in [3.63, 3.8) is 0 Å². The Morgan fingerprint density at radius 1 is 1.15 bits per heavy atom. The van der Waals surface area contributed by atoms with Crippen LogP contribution in [0.4, 0.5) is 0 Å². The summed E-state index contributed by atoms with van der Waals surface area (Å²) < 4.78 is 11.3. The van der Waals surface area contributed by atoms with Gasteiger partial charge in [0.05, 0.1) is 12.1 Å². The Balaban J connectivity index is 0.00000243. The van der Waals surface area contributed by atoms with Gasteiger partial charge in [-0.05, 0) is 35.2 Å². The number of methoxy groups -OCH3 is 1. The van der Waals surface area contributed by atoms with Crippen LogP contribution < -0.4 is 27.2 Å². The molecule has 0 spiro atoms. The van der Waals surface area contributed by atoms with Gasteiger partial charge in [0.2, 0.25) is 0 Å². The van der Waals surface area contributed by atoms with E-state index in [4.69, 9.17) is 21.1 Å². The molecule has 0 aliphatic rings. The molecule has 0 saturated carbocycles. The van der Waals surface area contributed by atoms with E-state index in [-0.39, 0.29) is 12.4 Å². The summed E-state index contributed by atoms with van der Waals surface area (Å²) in [4.78, 5) is 5.38. The summed E-state index contributed by atoms with van der Waals surface area (Å²) in [6.45, 7) is 1.92. The van der Waals surface area contributed by atoms with Crippen molar-refractivity contribution in [1.82, 2.24) is 10.3 Å². The van der Waals surface area contributed by atoms with Crippen molar-refractivity contribution in [3.05, 3.63) is 75.2 Å². The Kier molecular flexibility index (Phi) is 8.19. The lowest BCUT2D eigenvalue weighted by Crippen LogP contribution is -3.00. The fourth-order valence-corrected chi connectivity index (χ4v) is 3.36. The first kappa shape index (κ1) is 20.5. The van der Waals surface area contributed by atoms with Crippen molar-refractivity contribution in [2.24, 2.45) is 0 Å². The molecule has 0 atom stereocenters. The highest BCUT2D eigenvalue weighted by molar-refractivity contribution is 7.09. The molecule has 4 nitrogen and oxygen atoms in total. The highest BCUT2D eigenvalue weighted by Gasteiger charge is 2.12. The van der Waals surface area contributed by atoms with E-state index < -0.39 is 0 Å². The van der Waals surface area contributed by atoms with Crippen molar-refractivity contribution in [2.75, 3.05) is 7.11 Å². The zero-order chi connectivity index (χ0) is 17.5. The normalized spacial score (nSPS) is 10.2. The molecule has 2 aromatic heterocycles. The van der Waals surface area contributed by atoms with Crippen LogP contribution in [0.5, 0.6) is 11.5 Å². The molecule has 3 rings (SSSR count). The zero-order valence-corrected chi connectivity index (χ0v) is 16.6. The minimum atomic E-state index is 0. The molecule has 0 radical (unpaired) electrons. The van der Waals surface area contributed by atoms with Crippen molar-refractivity contribution < 1.29 is 21.9 Å². The average molecular weight is 410 g/mol. The van der Waals surface area contributed by atoms with Gasteiger partial charge in [0.15, 0.2) is 11.5 Å². The molecule has 0 unspecified atom stereocenters. The van der Waals surface area contributed by atoms with E-state index >= 15 is 0 Å². The Morgan fingerprint density at radius 3 is 2.73 bits per heavy atom. The first-order chi connectivity index (χ1) is 12.3. The van der Waals surface area contributed by atoms with E-state index in [9.17, 15) is 0 Å². The lowest BCUT2D eigenvalue weighted by atomic mass is 10.2. The van der Waals surface area contributed by atoms with Gasteiger partial charge in [-0.3, -0.25) is 4.98 Å². The SMILES string of the molecule is COc1cc(CNCc2cccs2)cc(Cl)c1OCc1cccnc1.[Cl-]. The second kappa shape index (κ2) is 10.4. The number of nitrogens with one attached hydrogen (secondary N) is 1. The lowest BCUT2D eigenvalue weighted by Gasteiger charge is -2.14. The number of halogens is 2. The number of hydrogen-bond donors (Lipinski definition) is 1. The standard InChI is InChI=1S/C19H19ClN2O2S.ClH/c1-23-18-9-15(11-22-12-16-5-3-7-25-16)8-17(20)19(18)24-13-14-4-2-6-21-10-14;/h2-10,22H,11-13H2,1H3;1H/p-1. The average Bonchev–Trinajstić information content (AvgIpc) is 3.15. The third-order valence-electron chi connectivity index (χ3n) is 3.60. The van der Waals surface area contributed by atoms with Crippen LogP contribution in [0.2, 0.25) is 5.02 Å². The van der Waals surface area contributed by atoms with E-state index in [2.05, 4.69) is 27.8 Å². The second-order valence-corrected chi connectivity index (χ2v) is 6.88. The summed E-state index contributed by atoms with van der Waals surface area (Å²) in [6.07, 6.45) is 3.50. The summed E-state index contributed by atoms with van der Waals surface area (Å²) >= 11 is 8.15. The molecule has 138 valence electrons. The van der Waals surface area contributed by atoms with Crippen LogP contribution >= 0.6 is 22.9 Å². The van der Waals surface area contributed by atoms with Crippen LogP contribution in [-0.2, 0) is 19.7 Å². The molecule has 7 heteroatoms. The Bertz CT molecular complexity index is 799. The molecule has 26 heavy (non-hydrogen) atoms. The number of aromatic nitrogens is 1. The molecule has 3 aromatic rings. The van der Waals surface area contributed by atoms with E-state index in [1.54, 1.807) is 30.8 Å².